The molecule has 32 heavy (non-hydrogen) atoms. The number of amides is 3. The smallest absolute Gasteiger partial charge is 0.326 e. The van der Waals surface area contributed by atoms with Crippen molar-refractivity contribution in [2.24, 2.45) is 5.92 Å². The minimum absolute atomic E-state index is 0.179. The van der Waals surface area contributed by atoms with Gasteiger partial charge in [0.1, 0.15) is 17.3 Å². The zero-order chi connectivity index (χ0) is 23.8. The van der Waals surface area contributed by atoms with Gasteiger partial charge in [0, 0.05) is 13.1 Å². The van der Waals surface area contributed by atoms with Gasteiger partial charge < -0.3 is 25.7 Å². The van der Waals surface area contributed by atoms with E-state index in [0.717, 1.165) is 5.56 Å². The van der Waals surface area contributed by atoms with Crippen molar-refractivity contribution >= 4 is 36.3 Å². The summed E-state index contributed by atoms with van der Waals surface area (Å²) in [6.07, 6.45) is -0.246. The van der Waals surface area contributed by atoms with E-state index in [2.05, 4.69) is 23.3 Å². The van der Waals surface area contributed by atoms with Crippen molar-refractivity contribution in [2.75, 3.05) is 6.54 Å². The van der Waals surface area contributed by atoms with Gasteiger partial charge in [-0.25, -0.2) is 4.79 Å². The number of carboxylic acid groups (broad SMARTS) is 1. The summed E-state index contributed by atoms with van der Waals surface area (Å²) in [5, 5.41) is 23.4. The van der Waals surface area contributed by atoms with Crippen LogP contribution in [-0.2, 0) is 25.7 Å². The molecule has 3 amide bonds. The van der Waals surface area contributed by atoms with E-state index in [9.17, 15) is 29.4 Å². The first-order chi connectivity index (χ1) is 15.2. The molecule has 1 aromatic rings. The minimum Gasteiger partial charge on any atom is -0.480 e. The molecule has 1 aliphatic heterocycles. The Bertz CT molecular complexity index is 821. The largest absolute Gasteiger partial charge is 0.480 e. The Balaban J connectivity index is 2.02. The first-order valence-corrected chi connectivity index (χ1v) is 11.2. The summed E-state index contributed by atoms with van der Waals surface area (Å²) in [4.78, 5) is 50.8. The maximum atomic E-state index is 13.1. The van der Waals surface area contributed by atoms with Crippen LogP contribution in [0, 0.1) is 5.92 Å². The van der Waals surface area contributed by atoms with E-state index in [1.54, 1.807) is 6.92 Å². The molecule has 4 N–H and O–H groups in total. The number of benzene rings is 1. The molecule has 0 aliphatic carbocycles. The first kappa shape index (κ1) is 25.7. The summed E-state index contributed by atoms with van der Waals surface area (Å²) >= 11 is 4.10. The average Bonchev–Trinajstić information content (AvgIpc) is 3.30. The lowest BCUT2D eigenvalue weighted by Gasteiger charge is -2.31. The molecular weight excluding hydrogens is 434 g/mol. The van der Waals surface area contributed by atoms with Gasteiger partial charge in [0.05, 0.1) is 0 Å². The van der Waals surface area contributed by atoms with Gasteiger partial charge in [0.15, 0.2) is 6.10 Å². The molecule has 1 heterocycles. The molecule has 1 aliphatic rings. The Hall–Kier alpha value is -2.59. The van der Waals surface area contributed by atoms with Crippen molar-refractivity contribution in [1.82, 2.24) is 15.5 Å². The number of carbonyl (C=O) groups is 4. The van der Waals surface area contributed by atoms with Crippen LogP contribution in [0.5, 0.6) is 0 Å². The Labute approximate surface area is 193 Å². The van der Waals surface area contributed by atoms with Crippen molar-refractivity contribution in [3.8, 4) is 0 Å². The lowest BCUT2D eigenvalue weighted by atomic mass is 9.97. The number of carboxylic acids is 1. The van der Waals surface area contributed by atoms with Gasteiger partial charge in [-0.1, -0.05) is 50.6 Å². The summed E-state index contributed by atoms with van der Waals surface area (Å²) < 4.78 is 0. The number of rotatable bonds is 10. The quantitative estimate of drug-likeness (QED) is 0.321. The van der Waals surface area contributed by atoms with Crippen LogP contribution in [-0.4, -0.2) is 68.8 Å². The normalized spacial score (nSPS) is 19.5. The van der Waals surface area contributed by atoms with Crippen LogP contribution < -0.4 is 10.6 Å². The zero-order valence-electron chi connectivity index (χ0n) is 18.2. The number of nitrogens with one attached hydrogen (secondary N) is 2. The summed E-state index contributed by atoms with van der Waals surface area (Å²) in [6, 6.07) is 7.17. The second-order valence-electron chi connectivity index (χ2n) is 7.99. The van der Waals surface area contributed by atoms with E-state index in [1.165, 1.54) is 4.90 Å². The van der Waals surface area contributed by atoms with Gasteiger partial charge in [-0.2, -0.15) is 12.6 Å². The number of aliphatic hydroxyl groups excluding tert-OH is 1. The number of nitrogens with zero attached hydrogens (tertiary/aromatic N) is 1. The van der Waals surface area contributed by atoms with Crippen LogP contribution in [0.4, 0.5) is 0 Å². The number of likely N-dealkylation sites (tertiary alicyclic amines) is 1. The van der Waals surface area contributed by atoms with Gasteiger partial charge in [-0.3, -0.25) is 14.4 Å². The molecule has 1 saturated heterocycles. The van der Waals surface area contributed by atoms with Crippen molar-refractivity contribution < 1.29 is 29.4 Å². The molecule has 9 nitrogen and oxygen atoms in total. The second-order valence-corrected chi connectivity index (χ2v) is 8.55. The monoisotopic (exact) mass is 465 g/mol. The summed E-state index contributed by atoms with van der Waals surface area (Å²) in [5.41, 5.74) is 0.828. The van der Waals surface area contributed by atoms with Gasteiger partial charge in [0.25, 0.3) is 5.91 Å². The van der Waals surface area contributed by atoms with E-state index < -0.39 is 47.1 Å². The molecule has 176 valence electrons. The Kier molecular flexibility index (Phi) is 9.52. The molecule has 0 bridgehead atoms. The third-order valence-electron chi connectivity index (χ3n) is 5.74. The molecule has 0 aromatic heterocycles. The molecule has 1 fully saturated rings. The van der Waals surface area contributed by atoms with E-state index in [1.807, 2.05) is 37.3 Å². The number of hydrogen-bond donors (Lipinski definition) is 5. The fraction of sp³-hybridized carbons (Fsp3) is 0.545. The summed E-state index contributed by atoms with van der Waals surface area (Å²) in [5.74, 6) is -3.39. The molecule has 2 rings (SSSR count). The molecule has 0 spiro atoms. The molecule has 5 atom stereocenters. The number of aliphatic carboxylic acids is 1. The molecular formula is C22H31N3O6S. The van der Waals surface area contributed by atoms with Crippen molar-refractivity contribution in [1.29, 1.82) is 0 Å². The average molecular weight is 466 g/mol. The SMILES string of the molecule is CC[C@H](C)[C@H](NC(=O)[C@H](S)[C@H](O)C(=O)NCc1ccccc1)C(=O)N1CCC[C@H]1C(=O)O. The van der Waals surface area contributed by atoms with Crippen molar-refractivity contribution in [3.63, 3.8) is 0 Å². The Morgan fingerprint density at radius 3 is 2.44 bits per heavy atom. The topological polar surface area (TPSA) is 136 Å². The van der Waals surface area contributed by atoms with Crippen LogP contribution in [0.25, 0.3) is 0 Å². The number of thiol groups is 1. The van der Waals surface area contributed by atoms with E-state index in [-0.39, 0.29) is 12.5 Å². The lowest BCUT2D eigenvalue weighted by Crippen LogP contribution is -2.57. The first-order valence-electron chi connectivity index (χ1n) is 10.7. The van der Waals surface area contributed by atoms with Gasteiger partial charge in [-0.15, -0.1) is 0 Å². The number of hydrogen-bond acceptors (Lipinski definition) is 6. The van der Waals surface area contributed by atoms with Gasteiger partial charge in [-0.05, 0) is 24.3 Å². The van der Waals surface area contributed by atoms with Crippen LogP contribution in [0.15, 0.2) is 30.3 Å². The molecule has 0 radical (unpaired) electrons. The fourth-order valence-corrected chi connectivity index (χ4v) is 3.77. The highest BCUT2D eigenvalue weighted by molar-refractivity contribution is 7.82. The maximum absolute atomic E-state index is 13.1. The highest BCUT2D eigenvalue weighted by Crippen LogP contribution is 2.21. The van der Waals surface area contributed by atoms with Crippen LogP contribution in [0.3, 0.4) is 0 Å². The van der Waals surface area contributed by atoms with E-state index >= 15 is 0 Å². The van der Waals surface area contributed by atoms with Crippen LogP contribution in [0.1, 0.15) is 38.7 Å². The third kappa shape index (κ3) is 6.46. The second kappa shape index (κ2) is 11.9. The predicted molar refractivity (Wildman–Crippen MR) is 121 cm³/mol. The lowest BCUT2D eigenvalue weighted by molar-refractivity contribution is -0.150. The fourth-order valence-electron chi connectivity index (χ4n) is 3.56. The minimum atomic E-state index is -1.73. The predicted octanol–water partition coefficient (Wildman–Crippen LogP) is 0.569. The highest BCUT2D eigenvalue weighted by atomic mass is 32.1. The third-order valence-corrected chi connectivity index (χ3v) is 6.26. The van der Waals surface area contributed by atoms with E-state index in [0.29, 0.717) is 25.8 Å². The number of carbonyl (C=O) groups excluding carboxylic acids is 3. The zero-order valence-corrected chi connectivity index (χ0v) is 19.1. The van der Waals surface area contributed by atoms with E-state index in [4.69, 9.17) is 0 Å². The molecule has 0 saturated carbocycles. The maximum Gasteiger partial charge on any atom is 0.326 e. The highest BCUT2D eigenvalue weighted by Gasteiger charge is 2.40. The summed E-state index contributed by atoms with van der Waals surface area (Å²) in [6.45, 7) is 4.09. The standard InChI is InChI=1S/C22H31N3O6S/c1-3-13(2)16(21(29)25-11-7-10-15(25)22(30)31)24-20(28)18(32)17(26)19(27)23-12-14-8-5-4-6-9-14/h4-6,8-9,13,15-18,26,32H,3,7,10-12H2,1-2H3,(H,23,27)(H,24,28)(H,30,31)/t13-,15-,16-,17-,18+/m0/s1. The van der Waals surface area contributed by atoms with Crippen LogP contribution in [0.2, 0.25) is 0 Å². The van der Waals surface area contributed by atoms with Crippen LogP contribution >= 0.6 is 12.6 Å². The Morgan fingerprint density at radius 2 is 1.84 bits per heavy atom. The van der Waals surface area contributed by atoms with Gasteiger partial charge >= 0.3 is 5.97 Å². The molecule has 1 aromatic carbocycles. The van der Waals surface area contributed by atoms with Crippen molar-refractivity contribution in [2.45, 2.75) is 63.1 Å². The molecule has 10 heteroatoms. The molecule has 0 unspecified atom stereocenters. The summed E-state index contributed by atoms with van der Waals surface area (Å²) in [7, 11) is 0. The van der Waals surface area contributed by atoms with Crippen molar-refractivity contribution in [3.05, 3.63) is 35.9 Å². The number of aliphatic hydroxyl groups is 1. The Morgan fingerprint density at radius 1 is 1.19 bits per heavy atom. The van der Waals surface area contributed by atoms with Gasteiger partial charge in [0.2, 0.25) is 11.8 Å².